The van der Waals surface area contributed by atoms with Crippen molar-refractivity contribution in [3.63, 3.8) is 0 Å². The van der Waals surface area contributed by atoms with Crippen molar-refractivity contribution >= 4 is 29.4 Å². The van der Waals surface area contributed by atoms with Crippen molar-refractivity contribution in [3.8, 4) is 11.4 Å². The molecule has 0 spiro atoms. The summed E-state index contributed by atoms with van der Waals surface area (Å²) in [6.07, 6.45) is 0. The van der Waals surface area contributed by atoms with E-state index in [1.54, 1.807) is 23.9 Å². The number of nitrogen functional groups attached to an aromatic ring is 1. The Kier molecular flexibility index (Phi) is 7.32. The Labute approximate surface area is 171 Å². The Morgan fingerprint density at radius 3 is 2.75 bits per heavy atom. The van der Waals surface area contributed by atoms with Gasteiger partial charge in [-0.2, -0.15) is 11.8 Å². The summed E-state index contributed by atoms with van der Waals surface area (Å²) in [6, 6.07) is 16.2. The topological polar surface area (TPSA) is 85.8 Å². The second kappa shape index (κ2) is 10.1. The number of nitrogens with one attached hydrogen (secondary N) is 1. The summed E-state index contributed by atoms with van der Waals surface area (Å²) in [6.45, 7) is 0.598. The van der Waals surface area contributed by atoms with Crippen molar-refractivity contribution in [3.05, 3.63) is 66.0 Å². The maximum Gasteiger partial charge on any atom is 0.230 e. The van der Waals surface area contributed by atoms with Gasteiger partial charge >= 0.3 is 0 Å². The standard InChI is InChI=1S/C19H20FN5OS2/c20-16-8-4-7-15(11-16)18-23-24-19(25(18)21)28-13-17(26)22-9-10-27-12-14-5-2-1-3-6-14/h1-8,11H,9-10,12-13,21H2,(H,22,26). The number of nitrogens with two attached hydrogens (primary N) is 1. The molecule has 0 unspecified atom stereocenters. The van der Waals surface area contributed by atoms with Gasteiger partial charge in [0.05, 0.1) is 5.75 Å². The summed E-state index contributed by atoms with van der Waals surface area (Å²) < 4.78 is 14.6. The zero-order valence-corrected chi connectivity index (χ0v) is 16.7. The van der Waals surface area contributed by atoms with Crippen molar-refractivity contribution in [2.24, 2.45) is 0 Å². The number of hydrogen-bond donors (Lipinski definition) is 2. The van der Waals surface area contributed by atoms with Crippen LogP contribution in [-0.4, -0.2) is 38.8 Å². The molecule has 3 N–H and O–H groups in total. The Bertz CT molecular complexity index is 920. The molecule has 1 amide bonds. The number of carbonyl (C=O) groups is 1. The number of amides is 1. The highest BCUT2D eigenvalue weighted by molar-refractivity contribution is 7.99. The monoisotopic (exact) mass is 417 g/mol. The van der Waals surface area contributed by atoms with E-state index in [2.05, 4.69) is 27.6 Å². The van der Waals surface area contributed by atoms with Gasteiger partial charge < -0.3 is 11.2 Å². The first-order chi connectivity index (χ1) is 13.6. The van der Waals surface area contributed by atoms with Gasteiger partial charge in [0.1, 0.15) is 5.82 Å². The molecule has 0 saturated carbocycles. The highest BCUT2D eigenvalue weighted by Gasteiger charge is 2.14. The lowest BCUT2D eigenvalue weighted by atomic mass is 10.2. The van der Waals surface area contributed by atoms with Crippen LogP contribution in [0.2, 0.25) is 0 Å². The van der Waals surface area contributed by atoms with Crippen LogP contribution in [0.3, 0.4) is 0 Å². The molecule has 1 heterocycles. The summed E-state index contributed by atoms with van der Waals surface area (Å²) in [7, 11) is 0. The summed E-state index contributed by atoms with van der Waals surface area (Å²) in [5.41, 5.74) is 1.80. The van der Waals surface area contributed by atoms with Crippen LogP contribution in [0.1, 0.15) is 5.56 Å². The van der Waals surface area contributed by atoms with Gasteiger partial charge in [0.25, 0.3) is 0 Å². The minimum atomic E-state index is -0.376. The van der Waals surface area contributed by atoms with Gasteiger partial charge in [-0.05, 0) is 17.7 Å². The Balaban J connectivity index is 1.40. The lowest BCUT2D eigenvalue weighted by molar-refractivity contribution is -0.118. The van der Waals surface area contributed by atoms with Crippen LogP contribution < -0.4 is 11.2 Å². The van der Waals surface area contributed by atoms with E-state index in [9.17, 15) is 9.18 Å². The minimum absolute atomic E-state index is 0.0967. The lowest BCUT2D eigenvalue weighted by Crippen LogP contribution is -2.27. The summed E-state index contributed by atoms with van der Waals surface area (Å²) >= 11 is 2.96. The molecule has 3 rings (SSSR count). The fourth-order valence-electron chi connectivity index (χ4n) is 2.41. The van der Waals surface area contributed by atoms with Crippen LogP contribution in [0.25, 0.3) is 11.4 Å². The quantitative estimate of drug-likeness (QED) is 0.316. The van der Waals surface area contributed by atoms with Crippen LogP contribution in [-0.2, 0) is 10.5 Å². The first-order valence-electron chi connectivity index (χ1n) is 8.61. The maximum atomic E-state index is 13.4. The van der Waals surface area contributed by atoms with Gasteiger partial charge in [0, 0.05) is 23.6 Å². The Hall–Kier alpha value is -2.52. The molecule has 0 bridgehead atoms. The fraction of sp³-hybridized carbons (Fsp3) is 0.211. The van der Waals surface area contributed by atoms with Crippen LogP contribution >= 0.6 is 23.5 Å². The number of rotatable bonds is 9. The van der Waals surface area contributed by atoms with Crippen LogP contribution in [0.15, 0.2) is 59.8 Å². The number of hydrogen-bond acceptors (Lipinski definition) is 6. The second-order valence-corrected chi connectivity index (χ2v) is 7.91. The molecular weight excluding hydrogens is 397 g/mol. The predicted molar refractivity (Wildman–Crippen MR) is 112 cm³/mol. The molecule has 0 fully saturated rings. The van der Waals surface area contributed by atoms with E-state index < -0.39 is 0 Å². The van der Waals surface area contributed by atoms with E-state index in [1.807, 2.05) is 18.2 Å². The number of nitrogens with zero attached hydrogens (tertiary/aromatic N) is 3. The molecule has 3 aromatic rings. The number of benzene rings is 2. The van der Waals surface area contributed by atoms with E-state index in [1.165, 1.54) is 34.1 Å². The molecule has 2 aromatic carbocycles. The van der Waals surface area contributed by atoms with Gasteiger partial charge in [-0.3, -0.25) is 4.79 Å². The van der Waals surface area contributed by atoms with Crippen molar-refractivity contribution in [2.75, 3.05) is 23.9 Å². The first-order valence-corrected chi connectivity index (χ1v) is 10.7. The Morgan fingerprint density at radius 2 is 1.96 bits per heavy atom. The number of carbonyl (C=O) groups excluding carboxylic acids is 1. The molecule has 0 atom stereocenters. The van der Waals surface area contributed by atoms with E-state index >= 15 is 0 Å². The van der Waals surface area contributed by atoms with Crippen molar-refractivity contribution < 1.29 is 9.18 Å². The molecule has 6 nitrogen and oxygen atoms in total. The van der Waals surface area contributed by atoms with E-state index in [0.29, 0.717) is 23.1 Å². The third-order valence-electron chi connectivity index (χ3n) is 3.76. The minimum Gasteiger partial charge on any atom is -0.355 e. The molecule has 0 radical (unpaired) electrons. The molecule has 0 aliphatic carbocycles. The van der Waals surface area contributed by atoms with Gasteiger partial charge in [-0.1, -0.05) is 54.2 Å². The smallest absolute Gasteiger partial charge is 0.230 e. The fourth-order valence-corrected chi connectivity index (χ4v) is 3.91. The van der Waals surface area contributed by atoms with E-state index in [-0.39, 0.29) is 17.5 Å². The van der Waals surface area contributed by atoms with Crippen LogP contribution in [0.5, 0.6) is 0 Å². The third kappa shape index (κ3) is 5.74. The highest BCUT2D eigenvalue weighted by atomic mass is 32.2. The average molecular weight is 418 g/mol. The molecule has 0 saturated heterocycles. The normalized spacial score (nSPS) is 10.8. The second-order valence-electron chi connectivity index (χ2n) is 5.86. The number of halogens is 1. The van der Waals surface area contributed by atoms with Crippen molar-refractivity contribution in [1.82, 2.24) is 20.2 Å². The molecule has 9 heteroatoms. The largest absolute Gasteiger partial charge is 0.355 e. The molecule has 0 aliphatic heterocycles. The van der Waals surface area contributed by atoms with Crippen molar-refractivity contribution in [2.45, 2.75) is 10.9 Å². The van der Waals surface area contributed by atoms with Crippen LogP contribution in [0, 0.1) is 5.82 Å². The first kappa shape index (κ1) is 20.2. The van der Waals surface area contributed by atoms with E-state index in [0.717, 1.165) is 11.5 Å². The Morgan fingerprint density at radius 1 is 1.14 bits per heavy atom. The predicted octanol–water partition coefficient (Wildman–Crippen LogP) is 2.94. The zero-order valence-electron chi connectivity index (χ0n) is 15.0. The lowest BCUT2D eigenvalue weighted by Gasteiger charge is -2.06. The molecule has 0 aliphatic rings. The SMILES string of the molecule is Nn1c(SCC(=O)NCCSCc2ccccc2)nnc1-c1cccc(F)c1. The van der Waals surface area contributed by atoms with Gasteiger partial charge in [0.15, 0.2) is 5.82 Å². The van der Waals surface area contributed by atoms with Gasteiger partial charge in [0.2, 0.25) is 11.1 Å². The van der Waals surface area contributed by atoms with Crippen molar-refractivity contribution in [1.29, 1.82) is 0 Å². The molecule has 28 heavy (non-hydrogen) atoms. The highest BCUT2D eigenvalue weighted by Crippen LogP contribution is 2.22. The summed E-state index contributed by atoms with van der Waals surface area (Å²) in [4.78, 5) is 12.0. The van der Waals surface area contributed by atoms with Gasteiger partial charge in [-0.25, -0.2) is 9.07 Å². The third-order valence-corrected chi connectivity index (χ3v) is 5.73. The molecule has 1 aromatic heterocycles. The maximum absolute atomic E-state index is 13.4. The number of thioether (sulfide) groups is 2. The molecule has 146 valence electrons. The molecular formula is C19H20FN5OS2. The van der Waals surface area contributed by atoms with Crippen LogP contribution in [0.4, 0.5) is 4.39 Å². The zero-order chi connectivity index (χ0) is 19.8. The van der Waals surface area contributed by atoms with Gasteiger partial charge in [-0.15, -0.1) is 10.2 Å². The number of aromatic nitrogens is 3. The average Bonchev–Trinajstić information content (AvgIpc) is 3.07. The summed E-state index contributed by atoms with van der Waals surface area (Å²) in [5, 5.41) is 11.2. The summed E-state index contributed by atoms with van der Waals surface area (Å²) in [5.74, 6) is 7.79. The van der Waals surface area contributed by atoms with E-state index in [4.69, 9.17) is 5.84 Å².